The van der Waals surface area contributed by atoms with Crippen LogP contribution in [0.5, 0.6) is 0 Å². The number of thioether (sulfide) groups is 1. The first-order valence-corrected chi connectivity index (χ1v) is 9.63. The normalized spacial score (nSPS) is 16.3. The lowest BCUT2D eigenvalue weighted by Gasteiger charge is -2.25. The molecule has 1 unspecified atom stereocenters. The van der Waals surface area contributed by atoms with E-state index in [1.54, 1.807) is 0 Å². The summed E-state index contributed by atoms with van der Waals surface area (Å²) < 4.78 is 12.9. The van der Waals surface area contributed by atoms with Gasteiger partial charge in [-0.25, -0.2) is 4.39 Å². The number of hydrogen-bond acceptors (Lipinski definition) is 4. The second-order valence-electron chi connectivity index (χ2n) is 6.41. The number of nitrogens with zero attached hydrogens (tertiary/aromatic N) is 1. The van der Waals surface area contributed by atoms with Crippen LogP contribution < -0.4 is 10.6 Å². The van der Waals surface area contributed by atoms with Gasteiger partial charge in [0.05, 0.1) is 22.4 Å². The Labute approximate surface area is 166 Å². The van der Waals surface area contributed by atoms with Crippen molar-refractivity contribution in [2.24, 2.45) is 0 Å². The summed E-state index contributed by atoms with van der Waals surface area (Å²) >= 11 is 1.10. The van der Waals surface area contributed by atoms with E-state index < -0.39 is 0 Å². The van der Waals surface area contributed by atoms with Crippen LogP contribution in [0, 0.1) is 24.1 Å². The van der Waals surface area contributed by atoms with Crippen LogP contribution in [-0.2, 0) is 9.59 Å². The number of allylic oxidation sites excluding steroid dienone is 1. The molecule has 28 heavy (non-hydrogen) atoms. The highest BCUT2D eigenvalue weighted by atomic mass is 32.2. The molecule has 1 aliphatic heterocycles. The third kappa shape index (κ3) is 4.78. The van der Waals surface area contributed by atoms with Gasteiger partial charge in [0.25, 0.3) is 0 Å². The number of benzene rings is 2. The number of hydrogen-bond donors (Lipinski definition) is 2. The molecule has 2 aromatic carbocycles. The number of amides is 2. The number of aryl methyl sites for hydroxylation is 1. The van der Waals surface area contributed by atoms with Crippen LogP contribution in [0.1, 0.15) is 23.5 Å². The second kappa shape index (κ2) is 8.72. The van der Waals surface area contributed by atoms with Crippen molar-refractivity contribution in [1.29, 1.82) is 5.26 Å². The smallest absolute Gasteiger partial charge is 0.234 e. The molecule has 0 saturated heterocycles. The zero-order valence-electron chi connectivity index (χ0n) is 15.2. The highest BCUT2D eigenvalue weighted by Crippen LogP contribution is 2.36. The number of nitrogens with one attached hydrogen (secondary N) is 2. The quantitative estimate of drug-likeness (QED) is 0.806. The van der Waals surface area contributed by atoms with Crippen molar-refractivity contribution in [3.8, 4) is 6.07 Å². The molecule has 0 aromatic heterocycles. The lowest BCUT2D eigenvalue weighted by atomic mass is 9.87. The van der Waals surface area contributed by atoms with Gasteiger partial charge in [0.1, 0.15) is 5.82 Å². The maximum atomic E-state index is 12.9. The fraction of sp³-hybridized carbons (Fsp3) is 0.190. The molecule has 2 aromatic rings. The molecule has 0 spiro atoms. The molecule has 7 heteroatoms. The van der Waals surface area contributed by atoms with Gasteiger partial charge < -0.3 is 10.6 Å². The molecule has 0 radical (unpaired) electrons. The van der Waals surface area contributed by atoms with E-state index in [1.165, 1.54) is 24.3 Å². The summed E-state index contributed by atoms with van der Waals surface area (Å²) in [6.07, 6.45) is 0.192. The Balaban J connectivity index is 1.73. The summed E-state index contributed by atoms with van der Waals surface area (Å²) in [7, 11) is 0. The Kier molecular flexibility index (Phi) is 6.12. The Morgan fingerprint density at radius 3 is 2.57 bits per heavy atom. The molecular formula is C21H18FN3O2S. The lowest BCUT2D eigenvalue weighted by molar-refractivity contribution is -0.121. The Hall–Kier alpha value is -3.11. The van der Waals surface area contributed by atoms with Crippen LogP contribution in [0.4, 0.5) is 10.1 Å². The lowest BCUT2D eigenvalue weighted by Crippen LogP contribution is -2.31. The molecule has 1 heterocycles. The topological polar surface area (TPSA) is 82.0 Å². The summed E-state index contributed by atoms with van der Waals surface area (Å²) in [5.74, 6) is -1.21. The van der Waals surface area contributed by atoms with Gasteiger partial charge >= 0.3 is 0 Å². The molecule has 3 rings (SSSR count). The summed E-state index contributed by atoms with van der Waals surface area (Å²) in [6, 6.07) is 15.4. The summed E-state index contributed by atoms with van der Waals surface area (Å²) in [5, 5.41) is 15.4. The molecule has 0 bridgehead atoms. The minimum atomic E-state index is -0.386. The highest BCUT2D eigenvalue weighted by Gasteiger charge is 2.29. The highest BCUT2D eigenvalue weighted by molar-refractivity contribution is 8.03. The second-order valence-corrected chi connectivity index (χ2v) is 7.40. The van der Waals surface area contributed by atoms with E-state index in [9.17, 15) is 19.2 Å². The molecule has 1 atom stereocenters. The average molecular weight is 395 g/mol. The van der Waals surface area contributed by atoms with Crippen molar-refractivity contribution in [3.05, 3.63) is 76.1 Å². The number of rotatable bonds is 5. The van der Waals surface area contributed by atoms with Crippen molar-refractivity contribution >= 4 is 29.3 Å². The van der Waals surface area contributed by atoms with Gasteiger partial charge in [0.15, 0.2) is 0 Å². The van der Waals surface area contributed by atoms with E-state index in [4.69, 9.17) is 0 Å². The maximum absolute atomic E-state index is 12.9. The van der Waals surface area contributed by atoms with Crippen molar-refractivity contribution in [2.75, 3.05) is 11.1 Å². The molecular weight excluding hydrogens is 377 g/mol. The van der Waals surface area contributed by atoms with Crippen LogP contribution in [0.2, 0.25) is 0 Å². The molecule has 142 valence electrons. The zero-order chi connectivity index (χ0) is 20.1. The summed E-state index contributed by atoms with van der Waals surface area (Å²) in [5.41, 5.74) is 2.92. The molecule has 0 aliphatic carbocycles. The van der Waals surface area contributed by atoms with Crippen LogP contribution in [-0.4, -0.2) is 17.6 Å². The van der Waals surface area contributed by atoms with E-state index in [1.807, 2.05) is 31.2 Å². The number of carbonyl (C=O) groups is 2. The molecule has 1 aliphatic rings. The minimum absolute atomic E-state index is 0.0127. The fourth-order valence-electron chi connectivity index (χ4n) is 2.88. The van der Waals surface area contributed by atoms with E-state index in [2.05, 4.69) is 16.7 Å². The molecule has 0 saturated carbocycles. The van der Waals surface area contributed by atoms with Crippen LogP contribution in [0.15, 0.2) is 59.1 Å². The minimum Gasteiger partial charge on any atom is -0.325 e. The number of carbonyl (C=O) groups excluding carboxylic acids is 2. The maximum Gasteiger partial charge on any atom is 0.234 e. The Morgan fingerprint density at radius 2 is 1.93 bits per heavy atom. The van der Waals surface area contributed by atoms with Crippen molar-refractivity contribution in [3.63, 3.8) is 0 Å². The molecule has 0 fully saturated rings. The van der Waals surface area contributed by atoms with Crippen molar-refractivity contribution < 1.29 is 14.0 Å². The van der Waals surface area contributed by atoms with Gasteiger partial charge in [-0.2, -0.15) is 5.26 Å². The monoisotopic (exact) mass is 395 g/mol. The third-order valence-corrected chi connectivity index (χ3v) is 5.33. The average Bonchev–Trinajstić information content (AvgIpc) is 2.68. The van der Waals surface area contributed by atoms with Crippen molar-refractivity contribution in [2.45, 2.75) is 19.3 Å². The first kappa shape index (κ1) is 19.6. The number of anilines is 1. The largest absolute Gasteiger partial charge is 0.325 e. The van der Waals surface area contributed by atoms with E-state index in [0.29, 0.717) is 16.3 Å². The Bertz CT molecular complexity index is 963. The first-order chi connectivity index (χ1) is 13.5. The van der Waals surface area contributed by atoms with Gasteiger partial charge in [-0.15, -0.1) is 0 Å². The van der Waals surface area contributed by atoms with Crippen molar-refractivity contribution in [1.82, 2.24) is 5.32 Å². The van der Waals surface area contributed by atoms with E-state index >= 15 is 0 Å². The molecule has 2 amide bonds. The van der Waals surface area contributed by atoms with Gasteiger partial charge in [-0.1, -0.05) is 41.6 Å². The van der Waals surface area contributed by atoms with Gasteiger partial charge in [0.2, 0.25) is 11.8 Å². The standard InChI is InChI=1S/C21H18FN3O2S/c1-13-2-4-14(5-3-13)17-10-19(26)25-21(18(17)11-23)28-12-20(27)24-16-8-6-15(22)7-9-16/h2-9,17H,10,12H2,1H3,(H,24,27)(H,25,26). The number of halogens is 1. The Morgan fingerprint density at radius 1 is 1.25 bits per heavy atom. The SMILES string of the molecule is Cc1ccc(C2CC(=O)NC(SCC(=O)Nc3ccc(F)cc3)=C2C#N)cc1. The van der Waals surface area contributed by atoms with Gasteiger partial charge in [0, 0.05) is 18.0 Å². The predicted molar refractivity (Wildman–Crippen MR) is 107 cm³/mol. The third-order valence-electron chi connectivity index (χ3n) is 4.31. The van der Waals surface area contributed by atoms with Crippen LogP contribution >= 0.6 is 11.8 Å². The number of nitriles is 1. The fourth-order valence-corrected chi connectivity index (χ4v) is 3.76. The van der Waals surface area contributed by atoms with E-state index in [0.717, 1.165) is 22.9 Å². The summed E-state index contributed by atoms with van der Waals surface area (Å²) in [4.78, 5) is 24.3. The van der Waals surface area contributed by atoms with Crippen LogP contribution in [0.3, 0.4) is 0 Å². The van der Waals surface area contributed by atoms with Crippen LogP contribution in [0.25, 0.3) is 0 Å². The first-order valence-electron chi connectivity index (χ1n) is 8.65. The summed E-state index contributed by atoms with van der Waals surface area (Å²) in [6.45, 7) is 1.97. The van der Waals surface area contributed by atoms with E-state index in [-0.39, 0.29) is 35.7 Å². The zero-order valence-corrected chi connectivity index (χ0v) is 16.0. The van der Waals surface area contributed by atoms with Gasteiger partial charge in [-0.3, -0.25) is 9.59 Å². The van der Waals surface area contributed by atoms with Gasteiger partial charge in [-0.05, 0) is 36.8 Å². The predicted octanol–water partition coefficient (Wildman–Crippen LogP) is 3.84. The molecule has 5 nitrogen and oxygen atoms in total. The molecule has 2 N–H and O–H groups in total.